The Labute approximate surface area is 126 Å². The molecule has 0 aromatic rings. The van der Waals surface area contributed by atoms with Crippen molar-refractivity contribution in [2.45, 2.75) is 52.1 Å². The van der Waals surface area contributed by atoms with E-state index in [2.05, 4.69) is 50.0 Å². The summed E-state index contributed by atoms with van der Waals surface area (Å²) >= 11 is 0. The first kappa shape index (κ1) is 16.3. The lowest BCUT2D eigenvalue weighted by molar-refractivity contribution is 0.0993. The van der Waals surface area contributed by atoms with Gasteiger partial charge in [-0.05, 0) is 44.7 Å². The predicted molar refractivity (Wildman–Crippen MR) is 87.0 cm³/mol. The first-order valence-electron chi connectivity index (χ1n) is 8.59. The average molecular weight is 281 g/mol. The van der Waals surface area contributed by atoms with Crippen LogP contribution in [-0.2, 0) is 0 Å². The highest BCUT2D eigenvalue weighted by molar-refractivity contribution is 4.88. The van der Waals surface area contributed by atoms with E-state index in [-0.39, 0.29) is 0 Å². The molecule has 2 fully saturated rings. The number of rotatable bonds is 4. The van der Waals surface area contributed by atoms with Crippen molar-refractivity contribution in [1.29, 1.82) is 0 Å². The SMILES string of the molecule is CC1CCC(C(C)C)C(NCC2CN(C)CCN2C)C1. The molecular weight excluding hydrogens is 246 g/mol. The lowest BCUT2D eigenvalue weighted by Crippen LogP contribution is -2.56. The summed E-state index contributed by atoms with van der Waals surface area (Å²) in [4.78, 5) is 5.00. The number of piperazine rings is 1. The van der Waals surface area contributed by atoms with Gasteiger partial charge in [0.25, 0.3) is 0 Å². The van der Waals surface area contributed by atoms with Crippen LogP contribution in [0.4, 0.5) is 0 Å². The summed E-state index contributed by atoms with van der Waals surface area (Å²) in [5, 5.41) is 3.94. The van der Waals surface area contributed by atoms with Crippen molar-refractivity contribution in [3.05, 3.63) is 0 Å². The van der Waals surface area contributed by atoms with Gasteiger partial charge in [-0.25, -0.2) is 0 Å². The fourth-order valence-electron chi connectivity index (χ4n) is 4.05. The maximum atomic E-state index is 3.94. The predicted octanol–water partition coefficient (Wildman–Crippen LogP) is 2.28. The van der Waals surface area contributed by atoms with Crippen molar-refractivity contribution in [1.82, 2.24) is 15.1 Å². The normalized spacial score (nSPS) is 37.5. The molecule has 118 valence electrons. The minimum atomic E-state index is 0.679. The molecule has 1 aliphatic heterocycles. The van der Waals surface area contributed by atoms with Gasteiger partial charge in [-0.15, -0.1) is 0 Å². The Morgan fingerprint density at radius 2 is 1.90 bits per heavy atom. The van der Waals surface area contributed by atoms with E-state index >= 15 is 0 Å². The standard InChI is InChI=1S/C17H35N3/c1-13(2)16-7-6-14(3)10-17(16)18-11-15-12-19(4)8-9-20(15)5/h13-18H,6-12H2,1-5H3. The van der Waals surface area contributed by atoms with Crippen LogP contribution in [0.5, 0.6) is 0 Å². The average Bonchev–Trinajstić information content (AvgIpc) is 2.39. The van der Waals surface area contributed by atoms with E-state index in [0.29, 0.717) is 6.04 Å². The van der Waals surface area contributed by atoms with Crippen LogP contribution in [0.15, 0.2) is 0 Å². The highest BCUT2D eigenvalue weighted by Crippen LogP contribution is 2.33. The minimum Gasteiger partial charge on any atom is -0.312 e. The molecule has 4 unspecified atom stereocenters. The lowest BCUT2D eigenvalue weighted by atomic mass is 9.74. The molecule has 4 atom stereocenters. The number of hydrogen-bond acceptors (Lipinski definition) is 3. The largest absolute Gasteiger partial charge is 0.312 e. The Morgan fingerprint density at radius 3 is 2.60 bits per heavy atom. The Bertz CT molecular complexity index is 292. The number of likely N-dealkylation sites (N-methyl/N-ethyl adjacent to an activating group) is 2. The van der Waals surface area contributed by atoms with Crippen molar-refractivity contribution in [2.75, 3.05) is 40.3 Å². The summed E-state index contributed by atoms with van der Waals surface area (Å²) in [6.45, 7) is 12.0. The van der Waals surface area contributed by atoms with E-state index in [1.807, 2.05) is 0 Å². The summed E-state index contributed by atoms with van der Waals surface area (Å²) in [6.07, 6.45) is 4.21. The molecule has 0 bridgehead atoms. The lowest BCUT2D eigenvalue weighted by Gasteiger charge is -2.42. The third-order valence-corrected chi connectivity index (χ3v) is 5.62. The summed E-state index contributed by atoms with van der Waals surface area (Å²) in [5.41, 5.74) is 0. The second kappa shape index (κ2) is 7.24. The van der Waals surface area contributed by atoms with Crippen LogP contribution in [-0.4, -0.2) is 62.2 Å². The van der Waals surface area contributed by atoms with Gasteiger partial charge in [-0.2, -0.15) is 0 Å². The molecule has 1 heterocycles. The van der Waals surface area contributed by atoms with E-state index < -0.39 is 0 Å². The van der Waals surface area contributed by atoms with Gasteiger partial charge < -0.3 is 10.2 Å². The molecule has 3 heteroatoms. The van der Waals surface area contributed by atoms with E-state index in [0.717, 1.165) is 30.3 Å². The second-order valence-electron chi connectivity index (χ2n) is 7.74. The smallest absolute Gasteiger partial charge is 0.0345 e. The van der Waals surface area contributed by atoms with Gasteiger partial charge in [-0.1, -0.05) is 27.2 Å². The van der Waals surface area contributed by atoms with Crippen molar-refractivity contribution >= 4 is 0 Å². The zero-order valence-electron chi connectivity index (χ0n) is 14.2. The molecule has 2 aliphatic rings. The van der Waals surface area contributed by atoms with Gasteiger partial charge >= 0.3 is 0 Å². The molecule has 0 spiro atoms. The maximum absolute atomic E-state index is 3.94. The van der Waals surface area contributed by atoms with Gasteiger partial charge in [-0.3, -0.25) is 4.90 Å². The third kappa shape index (κ3) is 4.19. The molecule has 20 heavy (non-hydrogen) atoms. The van der Waals surface area contributed by atoms with Crippen LogP contribution >= 0.6 is 0 Å². The fraction of sp³-hybridized carbons (Fsp3) is 1.00. The van der Waals surface area contributed by atoms with Gasteiger partial charge in [0, 0.05) is 38.3 Å². The molecule has 0 radical (unpaired) electrons. The van der Waals surface area contributed by atoms with Crippen LogP contribution in [0, 0.1) is 17.8 Å². The van der Waals surface area contributed by atoms with Crippen LogP contribution in [0.3, 0.4) is 0 Å². The van der Waals surface area contributed by atoms with E-state index in [1.54, 1.807) is 0 Å². The molecule has 1 aliphatic carbocycles. The maximum Gasteiger partial charge on any atom is 0.0345 e. The molecule has 0 aromatic carbocycles. The monoisotopic (exact) mass is 281 g/mol. The van der Waals surface area contributed by atoms with Crippen molar-refractivity contribution < 1.29 is 0 Å². The van der Waals surface area contributed by atoms with Crippen LogP contribution < -0.4 is 5.32 Å². The molecule has 0 aromatic heterocycles. The van der Waals surface area contributed by atoms with Gasteiger partial charge in [0.1, 0.15) is 0 Å². The van der Waals surface area contributed by atoms with E-state index in [4.69, 9.17) is 0 Å². The van der Waals surface area contributed by atoms with Crippen molar-refractivity contribution in [3.8, 4) is 0 Å². The molecule has 3 nitrogen and oxygen atoms in total. The third-order valence-electron chi connectivity index (χ3n) is 5.62. The molecule has 1 N–H and O–H groups in total. The second-order valence-corrected chi connectivity index (χ2v) is 7.74. The molecule has 0 amide bonds. The minimum absolute atomic E-state index is 0.679. The zero-order valence-corrected chi connectivity index (χ0v) is 14.2. The van der Waals surface area contributed by atoms with Crippen molar-refractivity contribution in [2.24, 2.45) is 17.8 Å². The first-order valence-corrected chi connectivity index (χ1v) is 8.59. The Kier molecular flexibility index (Phi) is 5.88. The fourth-order valence-corrected chi connectivity index (χ4v) is 4.05. The van der Waals surface area contributed by atoms with Gasteiger partial charge in [0.2, 0.25) is 0 Å². The molecule has 1 saturated heterocycles. The van der Waals surface area contributed by atoms with Gasteiger partial charge in [0.05, 0.1) is 0 Å². The highest BCUT2D eigenvalue weighted by atomic mass is 15.3. The summed E-state index contributed by atoms with van der Waals surface area (Å²) < 4.78 is 0. The Balaban J connectivity index is 1.86. The summed E-state index contributed by atoms with van der Waals surface area (Å²) in [6, 6.07) is 1.41. The summed E-state index contributed by atoms with van der Waals surface area (Å²) in [7, 11) is 4.53. The first-order chi connectivity index (χ1) is 9.47. The summed E-state index contributed by atoms with van der Waals surface area (Å²) in [5.74, 6) is 2.58. The van der Waals surface area contributed by atoms with Crippen LogP contribution in [0.25, 0.3) is 0 Å². The van der Waals surface area contributed by atoms with E-state index in [1.165, 1.54) is 38.9 Å². The number of nitrogens with one attached hydrogen (secondary N) is 1. The molecular formula is C17H35N3. The number of nitrogens with zero attached hydrogens (tertiary/aromatic N) is 2. The Hall–Kier alpha value is -0.120. The highest BCUT2D eigenvalue weighted by Gasteiger charge is 2.31. The topological polar surface area (TPSA) is 18.5 Å². The number of hydrogen-bond donors (Lipinski definition) is 1. The van der Waals surface area contributed by atoms with E-state index in [9.17, 15) is 0 Å². The Morgan fingerprint density at radius 1 is 1.15 bits per heavy atom. The zero-order chi connectivity index (χ0) is 14.7. The molecule has 2 rings (SSSR count). The molecule has 1 saturated carbocycles. The van der Waals surface area contributed by atoms with Crippen LogP contribution in [0.2, 0.25) is 0 Å². The quantitative estimate of drug-likeness (QED) is 0.853. The van der Waals surface area contributed by atoms with Gasteiger partial charge in [0.15, 0.2) is 0 Å². The van der Waals surface area contributed by atoms with Crippen molar-refractivity contribution in [3.63, 3.8) is 0 Å². The van der Waals surface area contributed by atoms with Crippen LogP contribution in [0.1, 0.15) is 40.0 Å².